The lowest BCUT2D eigenvalue weighted by atomic mass is 9.93. The van der Waals surface area contributed by atoms with Gasteiger partial charge >= 0.3 is 5.97 Å². The topological polar surface area (TPSA) is 255 Å². The lowest BCUT2D eigenvalue weighted by Gasteiger charge is -2.31. The molecule has 0 fully saturated rings. The zero-order valence-electron chi connectivity index (χ0n) is 39.7. The summed E-state index contributed by atoms with van der Waals surface area (Å²) in [6.45, 7) is 5.88. The number of phenols is 2. The van der Waals surface area contributed by atoms with Gasteiger partial charge in [-0.05, 0) is 61.1 Å². The molecule has 1 heterocycles. The van der Waals surface area contributed by atoms with Crippen molar-refractivity contribution in [1.82, 2.24) is 31.1 Å². The highest BCUT2D eigenvalue weighted by atomic mass is 16.4. The highest BCUT2D eigenvalue weighted by Gasteiger charge is 2.35. The van der Waals surface area contributed by atoms with E-state index in [1.54, 1.807) is 0 Å². The van der Waals surface area contributed by atoms with Crippen LogP contribution in [0.3, 0.4) is 0 Å². The number of likely N-dealkylation sites (N-methyl/N-ethyl adjacent to an activating group) is 2. The Labute approximate surface area is 389 Å². The Hall–Kier alpha value is -5.71. The Morgan fingerprint density at radius 2 is 1.30 bits per heavy atom. The molecule has 0 saturated carbocycles. The van der Waals surface area contributed by atoms with Crippen LogP contribution >= 0.6 is 0 Å². The van der Waals surface area contributed by atoms with E-state index in [1.807, 2.05) is 13.8 Å². The molecule has 0 spiro atoms. The average Bonchev–Trinajstić information content (AvgIpc) is 3.27. The quantitative estimate of drug-likeness (QED) is 0.0626. The number of nitrogens with one attached hydrogen (secondary N) is 4. The summed E-state index contributed by atoms with van der Waals surface area (Å²) in [7, 11) is 2.72. The minimum atomic E-state index is -1.48. The summed E-state index contributed by atoms with van der Waals surface area (Å²) in [5.41, 5.74) is 0.754. The number of benzene rings is 2. The predicted molar refractivity (Wildman–Crippen MR) is 250 cm³/mol. The van der Waals surface area contributed by atoms with Crippen LogP contribution in [0.1, 0.15) is 141 Å². The van der Waals surface area contributed by atoms with Crippen LogP contribution in [0.25, 0.3) is 11.1 Å². The van der Waals surface area contributed by atoms with Crippen molar-refractivity contribution in [3.8, 4) is 22.6 Å². The molecule has 5 atom stereocenters. The first kappa shape index (κ1) is 54.6. The number of rotatable bonds is 25. The number of carbonyl (C=O) groups is 7. The van der Waals surface area contributed by atoms with Gasteiger partial charge < -0.3 is 51.5 Å². The minimum Gasteiger partial charge on any atom is -0.507 e. The molecular formula is C49H74N6O11. The number of amides is 6. The number of hydrogen-bond donors (Lipinski definition) is 8. The van der Waals surface area contributed by atoms with Crippen molar-refractivity contribution >= 4 is 41.4 Å². The maximum atomic E-state index is 14.3. The van der Waals surface area contributed by atoms with Crippen LogP contribution in [0, 0.1) is 5.92 Å². The van der Waals surface area contributed by atoms with Gasteiger partial charge in [-0.3, -0.25) is 28.8 Å². The smallest absolute Gasteiger partial charge is 0.326 e. The Balaban J connectivity index is 1.66. The van der Waals surface area contributed by atoms with Crippen LogP contribution in [-0.4, -0.2) is 123 Å². The number of unbranched alkanes of at least 4 members (excludes halogenated alkanes) is 12. The Morgan fingerprint density at radius 3 is 1.86 bits per heavy atom. The second-order valence-electron chi connectivity index (χ2n) is 18.0. The van der Waals surface area contributed by atoms with Gasteiger partial charge in [0.2, 0.25) is 35.4 Å². The fraction of sp³-hybridized carbons (Fsp3) is 0.612. The summed E-state index contributed by atoms with van der Waals surface area (Å²) in [4.78, 5) is 95.6. The number of aliphatic hydroxyl groups is 1. The van der Waals surface area contributed by atoms with E-state index in [0.29, 0.717) is 12.0 Å². The maximum Gasteiger partial charge on any atom is 0.326 e. The SMILES string of the molecule is CCCCCCCCCCCCCCCC(=O)N(C)C(CO)C(=O)NC(C)C(=O)NCC(=O)N(C)C1C(=O)NC(CC(C)C)C(=O)NC(C(=O)O)Cc2ccc(O)c(c2)-c2cc1ccc2O. The van der Waals surface area contributed by atoms with Gasteiger partial charge in [-0.25, -0.2) is 4.79 Å². The first-order valence-electron chi connectivity index (χ1n) is 23.6. The molecule has 17 nitrogen and oxygen atoms in total. The second-order valence-corrected chi connectivity index (χ2v) is 18.0. The highest BCUT2D eigenvalue weighted by Crippen LogP contribution is 2.39. The van der Waals surface area contributed by atoms with Crippen LogP contribution in [0.2, 0.25) is 0 Å². The maximum absolute atomic E-state index is 14.3. The fourth-order valence-electron chi connectivity index (χ4n) is 8.06. The average molecular weight is 923 g/mol. The molecule has 366 valence electrons. The molecular weight excluding hydrogens is 849 g/mol. The van der Waals surface area contributed by atoms with Crippen LogP contribution in [-0.2, 0) is 40.0 Å². The number of aromatic hydroxyl groups is 2. The van der Waals surface area contributed by atoms with Gasteiger partial charge in [0, 0.05) is 38.1 Å². The molecule has 0 aliphatic carbocycles. The summed E-state index contributed by atoms with van der Waals surface area (Å²) >= 11 is 0. The number of fused-ring (bicyclic) bond motifs is 5. The van der Waals surface area contributed by atoms with E-state index in [9.17, 15) is 54.0 Å². The van der Waals surface area contributed by atoms with Crippen molar-refractivity contribution in [3.05, 3.63) is 47.5 Å². The van der Waals surface area contributed by atoms with E-state index in [-0.39, 0.29) is 59.3 Å². The monoisotopic (exact) mass is 923 g/mol. The molecule has 6 amide bonds. The van der Waals surface area contributed by atoms with Crippen molar-refractivity contribution < 1.29 is 54.0 Å². The van der Waals surface area contributed by atoms with E-state index in [4.69, 9.17) is 0 Å². The summed E-state index contributed by atoms with van der Waals surface area (Å²) in [6, 6.07) is 1.76. The summed E-state index contributed by atoms with van der Waals surface area (Å²) in [6.07, 6.45) is 15.2. The third-order valence-electron chi connectivity index (χ3n) is 12.1. The number of carbonyl (C=O) groups excluding carboxylic acids is 6. The second kappa shape index (κ2) is 27.7. The molecule has 0 saturated heterocycles. The molecule has 66 heavy (non-hydrogen) atoms. The molecule has 1 aliphatic heterocycles. The normalized spacial score (nSPS) is 17.1. The Morgan fingerprint density at radius 1 is 0.742 bits per heavy atom. The van der Waals surface area contributed by atoms with Crippen molar-refractivity contribution in [2.75, 3.05) is 27.2 Å². The van der Waals surface area contributed by atoms with Gasteiger partial charge in [-0.2, -0.15) is 0 Å². The van der Waals surface area contributed by atoms with Gasteiger partial charge in [-0.15, -0.1) is 0 Å². The van der Waals surface area contributed by atoms with E-state index >= 15 is 0 Å². The number of carboxylic acids is 1. The molecule has 5 unspecified atom stereocenters. The molecule has 3 rings (SSSR count). The molecule has 8 N–H and O–H groups in total. The highest BCUT2D eigenvalue weighted by molar-refractivity contribution is 5.96. The van der Waals surface area contributed by atoms with Gasteiger partial charge in [0.25, 0.3) is 0 Å². The van der Waals surface area contributed by atoms with Crippen LogP contribution in [0.15, 0.2) is 36.4 Å². The fourth-order valence-corrected chi connectivity index (χ4v) is 8.06. The number of aliphatic carboxylic acids is 1. The summed E-state index contributed by atoms with van der Waals surface area (Å²) < 4.78 is 0. The van der Waals surface area contributed by atoms with E-state index < -0.39 is 78.9 Å². The number of hydrogen-bond acceptors (Lipinski definition) is 10. The van der Waals surface area contributed by atoms with Crippen molar-refractivity contribution in [2.45, 2.75) is 161 Å². The molecule has 2 aromatic rings. The summed E-state index contributed by atoms with van der Waals surface area (Å²) in [5, 5.41) is 52.0. The number of phenolic OH excluding ortho intramolecular Hbond substituents is 2. The predicted octanol–water partition coefficient (Wildman–Crippen LogP) is 4.84. The third-order valence-corrected chi connectivity index (χ3v) is 12.1. The molecule has 4 bridgehead atoms. The Kier molecular flexibility index (Phi) is 22.9. The molecule has 0 aromatic heterocycles. The zero-order chi connectivity index (χ0) is 48.9. The minimum absolute atomic E-state index is 0.0724. The largest absolute Gasteiger partial charge is 0.507 e. The molecule has 2 aromatic carbocycles. The molecule has 1 aliphatic rings. The third kappa shape index (κ3) is 16.9. The number of carboxylic acid groups (broad SMARTS) is 1. The van der Waals surface area contributed by atoms with Gasteiger partial charge in [0.1, 0.15) is 41.7 Å². The van der Waals surface area contributed by atoms with Crippen LogP contribution in [0.5, 0.6) is 11.5 Å². The standard InChI is InChI=1S/C49H74N6O11/c1-7-8-9-10-11-12-13-14-15-16-17-18-19-20-42(59)54(5)39(30-56)47(63)51-32(4)45(61)50-29-43(60)55(6)44-34-22-24-41(58)36(28-34)35-26-33(21-23-40(35)57)27-38(49(65)66)53-46(62)37(25-31(2)3)52-48(44)64/h21-24,26,28,31-32,37-39,44,56-58H,7-20,25,27,29-30H2,1-6H3,(H,50,61)(H,51,63)(H,52,64)(H,53,62)(H,65,66). The van der Waals surface area contributed by atoms with Crippen molar-refractivity contribution in [1.29, 1.82) is 0 Å². The van der Waals surface area contributed by atoms with Gasteiger partial charge in [-0.1, -0.05) is 110 Å². The summed E-state index contributed by atoms with van der Waals surface area (Å²) in [5.74, 6) is -6.26. The first-order valence-corrected chi connectivity index (χ1v) is 23.6. The zero-order valence-corrected chi connectivity index (χ0v) is 39.7. The van der Waals surface area contributed by atoms with Gasteiger partial charge in [0.05, 0.1) is 13.2 Å². The van der Waals surface area contributed by atoms with Crippen molar-refractivity contribution in [3.63, 3.8) is 0 Å². The first-order chi connectivity index (χ1) is 31.4. The van der Waals surface area contributed by atoms with Crippen LogP contribution in [0.4, 0.5) is 0 Å². The molecule has 0 radical (unpaired) electrons. The van der Waals surface area contributed by atoms with E-state index in [2.05, 4.69) is 28.2 Å². The van der Waals surface area contributed by atoms with E-state index in [1.165, 1.54) is 120 Å². The number of aliphatic hydroxyl groups excluding tert-OH is 1. The molecule has 17 heteroatoms. The lowest BCUT2D eigenvalue weighted by molar-refractivity contribution is -0.143. The van der Waals surface area contributed by atoms with Crippen molar-refractivity contribution in [2.24, 2.45) is 5.92 Å². The number of nitrogens with zero attached hydrogens (tertiary/aromatic N) is 2. The van der Waals surface area contributed by atoms with Crippen LogP contribution < -0.4 is 21.3 Å². The van der Waals surface area contributed by atoms with Gasteiger partial charge in [0.15, 0.2) is 0 Å². The Bertz CT molecular complexity index is 1960. The van der Waals surface area contributed by atoms with E-state index in [0.717, 1.165) is 24.2 Å². The lowest BCUT2D eigenvalue weighted by Crippen LogP contribution is -2.56.